The largest absolute Gasteiger partial charge is 0.326 e. The summed E-state index contributed by atoms with van der Waals surface area (Å²) in [4.78, 5) is 28.5. The quantitative estimate of drug-likeness (QED) is 0.341. The predicted octanol–water partition coefficient (Wildman–Crippen LogP) is 2.60. The van der Waals surface area contributed by atoms with Gasteiger partial charge in [-0.3, -0.25) is 9.59 Å². The monoisotopic (exact) mass is 637 g/mol. The minimum absolute atomic E-state index is 0.358. The van der Waals surface area contributed by atoms with Crippen LogP contribution in [0.25, 0.3) is 17.1 Å². The van der Waals surface area contributed by atoms with Gasteiger partial charge in [0.25, 0.3) is 17.6 Å². The van der Waals surface area contributed by atoms with E-state index in [-0.39, 0.29) is 0 Å². The van der Waals surface area contributed by atoms with Gasteiger partial charge in [-0.2, -0.15) is 0 Å². The van der Waals surface area contributed by atoms with E-state index in [1.165, 1.54) is 33.7 Å². The molecule has 1 aromatic heterocycles. The van der Waals surface area contributed by atoms with Gasteiger partial charge in [0.05, 0.1) is 24.2 Å². The van der Waals surface area contributed by atoms with Crippen LogP contribution in [0.5, 0.6) is 0 Å². The third kappa shape index (κ3) is 7.26. The molecule has 2 aromatic carbocycles. The van der Waals surface area contributed by atoms with E-state index < -0.39 is 56.6 Å². The van der Waals surface area contributed by atoms with Crippen molar-refractivity contribution in [2.24, 2.45) is 4.36 Å². The number of aryl methyl sites for hydroxylation is 1. The molecule has 0 spiro atoms. The number of aromatic nitrogens is 2. The van der Waals surface area contributed by atoms with Crippen molar-refractivity contribution in [2.75, 3.05) is 35.4 Å². The van der Waals surface area contributed by atoms with E-state index in [9.17, 15) is 35.5 Å². The molecule has 3 aromatic rings. The molecule has 2 amide bonds. The van der Waals surface area contributed by atoms with Gasteiger partial charge >= 0.3 is 0 Å². The van der Waals surface area contributed by atoms with Gasteiger partial charge < -0.3 is 14.4 Å². The molecule has 1 aliphatic heterocycles. The standard InChI is InChI=1S/C27H30F2N6O6S2/c1-5-32-20-12-10-18(28)14-22(20)34(16-24(36)30-42(3,38)39)26(32)8-7-9-27-33(6-2)21-13-11-19(29)15-23(21)35(27)17-25(37)31-43(4,40)41/h7-15H,5-6,16-17H2,1-4H3,(H-,30,31,36,37,38,39)/p+1. The zero-order valence-corrected chi connectivity index (χ0v) is 25.5. The number of anilines is 2. The van der Waals surface area contributed by atoms with Crippen LogP contribution in [0, 0.1) is 11.6 Å². The maximum atomic E-state index is 14.3. The average molecular weight is 638 g/mol. The second-order valence-electron chi connectivity index (χ2n) is 9.71. The summed E-state index contributed by atoms with van der Waals surface area (Å²) in [6.07, 6.45) is 6.65. The number of imidazole rings is 1. The number of hydrogen-bond acceptors (Lipinski definition) is 7. The highest BCUT2D eigenvalue weighted by Gasteiger charge is 2.32. The fraction of sp³-hybridized carbons (Fsp3) is 0.296. The van der Waals surface area contributed by atoms with Crippen molar-refractivity contribution in [2.45, 2.75) is 26.9 Å². The van der Waals surface area contributed by atoms with Crippen LogP contribution >= 0.6 is 0 Å². The maximum absolute atomic E-state index is 14.3. The minimum atomic E-state index is -3.84. The molecule has 1 aliphatic rings. The van der Waals surface area contributed by atoms with E-state index in [1.807, 2.05) is 28.0 Å². The number of carbonyl (C=O) groups is 2. The fourth-order valence-corrected chi connectivity index (χ4v) is 5.89. The maximum Gasteiger partial charge on any atom is 0.282 e. The summed E-state index contributed by atoms with van der Waals surface area (Å²) in [5.41, 5.74) is 1.92. The summed E-state index contributed by atoms with van der Waals surface area (Å²) in [6.45, 7) is 3.67. The number of hydrogen-bond donors (Lipinski definition) is 2. The van der Waals surface area contributed by atoms with Gasteiger partial charge in [-0.25, -0.2) is 35.3 Å². The molecule has 0 fully saturated rings. The molecule has 0 saturated heterocycles. The van der Waals surface area contributed by atoms with Gasteiger partial charge in [0.15, 0.2) is 27.6 Å². The fourth-order valence-electron chi connectivity index (χ4n) is 4.98. The lowest BCUT2D eigenvalue weighted by Gasteiger charge is -2.23. The number of fused-ring (bicyclic) bond motifs is 2. The van der Waals surface area contributed by atoms with Crippen molar-refractivity contribution >= 4 is 60.3 Å². The van der Waals surface area contributed by atoms with Gasteiger partial charge in [0.2, 0.25) is 10.0 Å². The molecule has 0 bridgehead atoms. The van der Waals surface area contributed by atoms with Gasteiger partial charge in [-0.05, 0) is 50.3 Å². The zero-order chi connectivity index (χ0) is 31.7. The van der Waals surface area contributed by atoms with E-state index in [0.29, 0.717) is 47.1 Å². The van der Waals surface area contributed by atoms with Crippen molar-refractivity contribution < 1.29 is 40.1 Å². The van der Waals surface area contributed by atoms with Crippen LogP contribution in [0.15, 0.2) is 58.7 Å². The second kappa shape index (κ2) is 12.2. The molecule has 1 unspecified atom stereocenters. The minimum Gasteiger partial charge on any atom is -0.326 e. The third-order valence-corrected chi connectivity index (χ3v) is 7.57. The molecular weight excluding hydrogens is 606 g/mol. The predicted molar refractivity (Wildman–Crippen MR) is 159 cm³/mol. The molecule has 1 atom stereocenters. The number of sulfonamides is 1. The molecule has 43 heavy (non-hydrogen) atoms. The van der Waals surface area contributed by atoms with E-state index in [4.69, 9.17) is 0 Å². The molecule has 0 saturated carbocycles. The number of benzene rings is 2. The summed E-state index contributed by atoms with van der Waals surface area (Å²) >= 11 is 0. The van der Waals surface area contributed by atoms with Gasteiger partial charge in [0, 0.05) is 24.9 Å². The summed E-state index contributed by atoms with van der Waals surface area (Å²) in [6, 6.07) is 8.16. The Labute approximate surface area is 248 Å². The Hall–Kier alpha value is -4.15. The number of carbonyl (C=O) groups excluding carboxylic acids is 2. The molecule has 230 valence electrons. The van der Waals surface area contributed by atoms with Gasteiger partial charge in [0.1, 0.15) is 24.0 Å². The number of halogens is 2. The van der Waals surface area contributed by atoms with E-state index in [2.05, 4.69) is 4.36 Å². The molecule has 0 radical (unpaired) electrons. The Kier molecular flexibility index (Phi) is 9.03. The molecule has 4 rings (SSSR count). The molecule has 2 heterocycles. The Morgan fingerprint density at radius 1 is 1.00 bits per heavy atom. The SMILES string of the molecule is CCN1/C(=C\C=C\c2n(CC(=O)NS(C)(=O)=O)c3cc(F)ccc3[n+]2CC)N(CC(=O)N=S(C)(=O)O)c2cc(F)ccc21. The van der Waals surface area contributed by atoms with Crippen LogP contribution in [-0.4, -0.2) is 59.2 Å². The van der Waals surface area contributed by atoms with Gasteiger partial charge in [-0.15, -0.1) is 4.36 Å². The summed E-state index contributed by atoms with van der Waals surface area (Å²) in [5.74, 6) is -1.92. The lowest BCUT2D eigenvalue weighted by atomic mass is 10.2. The van der Waals surface area contributed by atoms with Crippen LogP contribution in [0.4, 0.5) is 20.2 Å². The Morgan fingerprint density at radius 3 is 2.30 bits per heavy atom. The van der Waals surface area contributed by atoms with Gasteiger partial charge in [-0.1, -0.05) is 6.08 Å². The first-order valence-electron chi connectivity index (χ1n) is 13.0. The molecular formula is C27H31F2N6O6S2+. The highest BCUT2D eigenvalue weighted by atomic mass is 32.2. The van der Waals surface area contributed by atoms with Crippen molar-refractivity contribution in [3.05, 3.63) is 71.8 Å². The average Bonchev–Trinajstić information content (AvgIpc) is 3.32. The highest BCUT2D eigenvalue weighted by molar-refractivity contribution is 7.89. The van der Waals surface area contributed by atoms with Crippen molar-refractivity contribution in [3.63, 3.8) is 0 Å². The number of nitrogens with zero attached hydrogens (tertiary/aromatic N) is 5. The third-order valence-electron chi connectivity index (χ3n) is 6.43. The smallest absolute Gasteiger partial charge is 0.282 e. The van der Waals surface area contributed by atoms with E-state index in [1.54, 1.807) is 30.4 Å². The Balaban J connectivity index is 1.83. The van der Waals surface area contributed by atoms with E-state index >= 15 is 0 Å². The van der Waals surface area contributed by atoms with Crippen LogP contribution < -0.4 is 19.1 Å². The van der Waals surface area contributed by atoms with Crippen LogP contribution in [0.2, 0.25) is 0 Å². The Bertz CT molecular complexity index is 1900. The summed E-state index contributed by atoms with van der Waals surface area (Å²) < 4.78 is 81.6. The number of rotatable bonds is 9. The first-order chi connectivity index (χ1) is 20.1. The Morgan fingerprint density at radius 2 is 1.67 bits per heavy atom. The van der Waals surface area contributed by atoms with E-state index in [0.717, 1.165) is 12.5 Å². The second-order valence-corrected chi connectivity index (χ2v) is 13.2. The lowest BCUT2D eigenvalue weighted by Crippen LogP contribution is -2.37. The lowest BCUT2D eigenvalue weighted by molar-refractivity contribution is -0.670. The molecule has 12 nitrogen and oxygen atoms in total. The first-order valence-corrected chi connectivity index (χ1v) is 16.8. The number of nitrogens with one attached hydrogen (secondary N) is 1. The van der Waals surface area contributed by atoms with Crippen molar-refractivity contribution in [1.82, 2.24) is 9.29 Å². The summed E-state index contributed by atoms with van der Waals surface area (Å²) in [5, 5.41) is 0. The number of amides is 2. The molecule has 0 aliphatic carbocycles. The topological polar surface area (TPSA) is 145 Å². The van der Waals surface area contributed by atoms with Crippen LogP contribution in [-0.2, 0) is 42.7 Å². The van der Waals surface area contributed by atoms with Crippen LogP contribution in [0.3, 0.4) is 0 Å². The van der Waals surface area contributed by atoms with Crippen LogP contribution in [0.1, 0.15) is 19.7 Å². The van der Waals surface area contributed by atoms with Crippen molar-refractivity contribution in [1.29, 1.82) is 0 Å². The summed E-state index contributed by atoms with van der Waals surface area (Å²) in [7, 11) is -7.55. The molecule has 2 N–H and O–H groups in total. The normalized spacial score (nSPS) is 15.7. The zero-order valence-electron chi connectivity index (χ0n) is 23.8. The highest BCUT2D eigenvalue weighted by Crippen LogP contribution is 2.41. The molecule has 16 heteroatoms. The van der Waals surface area contributed by atoms with Crippen molar-refractivity contribution in [3.8, 4) is 0 Å². The number of allylic oxidation sites excluding steroid dienone is 2. The first kappa shape index (κ1) is 31.8.